The highest BCUT2D eigenvalue weighted by Crippen LogP contribution is 2.31. The standard InChI is InChI=1S/C13H24N2/c1-11-5-7-15(8-6-11)10-13-4-2-3-12(13)9-14/h5,12-13H,2-4,6-10,14H2,1H3. The zero-order chi connectivity index (χ0) is 10.7. The van der Waals surface area contributed by atoms with Gasteiger partial charge in [0.25, 0.3) is 0 Å². The average Bonchev–Trinajstić information content (AvgIpc) is 2.69. The summed E-state index contributed by atoms with van der Waals surface area (Å²) < 4.78 is 0. The van der Waals surface area contributed by atoms with E-state index in [4.69, 9.17) is 5.73 Å². The van der Waals surface area contributed by atoms with Crippen LogP contribution in [-0.4, -0.2) is 31.1 Å². The van der Waals surface area contributed by atoms with Crippen molar-refractivity contribution in [1.29, 1.82) is 0 Å². The maximum Gasteiger partial charge on any atom is 0.0165 e. The highest BCUT2D eigenvalue weighted by molar-refractivity contribution is 5.04. The van der Waals surface area contributed by atoms with Crippen LogP contribution in [0.3, 0.4) is 0 Å². The molecule has 2 atom stereocenters. The highest BCUT2D eigenvalue weighted by atomic mass is 15.1. The molecular weight excluding hydrogens is 184 g/mol. The first kappa shape index (κ1) is 11.2. The van der Waals surface area contributed by atoms with Gasteiger partial charge in [-0.15, -0.1) is 0 Å². The molecule has 86 valence electrons. The van der Waals surface area contributed by atoms with Crippen molar-refractivity contribution in [3.8, 4) is 0 Å². The smallest absolute Gasteiger partial charge is 0.0165 e. The summed E-state index contributed by atoms with van der Waals surface area (Å²) in [6.45, 7) is 6.85. The molecule has 2 nitrogen and oxygen atoms in total. The van der Waals surface area contributed by atoms with E-state index in [1.54, 1.807) is 5.57 Å². The number of nitrogens with zero attached hydrogens (tertiary/aromatic N) is 1. The molecule has 0 radical (unpaired) electrons. The van der Waals surface area contributed by atoms with Crippen molar-refractivity contribution in [1.82, 2.24) is 4.90 Å². The molecule has 1 fully saturated rings. The predicted molar refractivity (Wildman–Crippen MR) is 64.7 cm³/mol. The van der Waals surface area contributed by atoms with Crippen molar-refractivity contribution >= 4 is 0 Å². The first-order chi connectivity index (χ1) is 7.29. The fourth-order valence-electron chi connectivity index (χ4n) is 2.97. The van der Waals surface area contributed by atoms with Crippen molar-refractivity contribution in [2.24, 2.45) is 17.6 Å². The van der Waals surface area contributed by atoms with E-state index in [1.807, 2.05) is 0 Å². The minimum Gasteiger partial charge on any atom is -0.330 e. The van der Waals surface area contributed by atoms with Gasteiger partial charge in [-0.3, -0.25) is 4.90 Å². The lowest BCUT2D eigenvalue weighted by Gasteiger charge is -2.30. The Kier molecular flexibility index (Phi) is 3.81. The maximum atomic E-state index is 5.82. The summed E-state index contributed by atoms with van der Waals surface area (Å²) in [5, 5.41) is 0. The van der Waals surface area contributed by atoms with Gasteiger partial charge in [-0.05, 0) is 44.6 Å². The quantitative estimate of drug-likeness (QED) is 0.719. The molecular formula is C13H24N2. The molecule has 15 heavy (non-hydrogen) atoms. The fourth-order valence-corrected chi connectivity index (χ4v) is 2.97. The van der Waals surface area contributed by atoms with E-state index in [9.17, 15) is 0 Å². The lowest BCUT2D eigenvalue weighted by atomic mass is 9.95. The molecule has 0 aromatic rings. The van der Waals surface area contributed by atoms with Crippen LogP contribution < -0.4 is 5.73 Å². The number of hydrogen-bond acceptors (Lipinski definition) is 2. The molecule has 2 rings (SSSR count). The van der Waals surface area contributed by atoms with Crippen LogP contribution in [0.1, 0.15) is 32.6 Å². The first-order valence-electron chi connectivity index (χ1n) is 6.37. The van der Waals surface area contributed by atoms with Crippen LogP contribution in [-0.2, 0) is 0 Å². The summed E-state index contributed by atoms with van der Waals surface area (Å²) in [7, 11) is 0. The van der Waals surface area contributed by atoms with Crippen LogP contribution in [0.4, 0.5) is 0 Å². The molecule has 1 aliphatic heterocycles. The monoisotopic (exact) mass is 208 g/mol. The zero-order valence-corrected chi connectivity index (χ0v) is 9.91. The SMILES string of the molecule is CC1=CCN(CC2CCCC2CN)CC1. The Bertz CT molecular complexity index is 235. The number of rotatable bonds is 3. The molecule has 0 aromatic heterocycles. The summed E-state index contributed by atoms with van der Waals surface area (Å²) in [5.41, 5.74) is 7.38. The molecule has 0 spiro atoms. The van der Waals surface area contributed by atoms with E-state index in [1.165, 1.54) is 45.3 Å². The van der Waals surface area contributed by atoms with E-state index in [-0.39, 0.29) is 0 Å². The van der Waals surface area contributed by atoms with E-state index >= 15 is 0 Å². The van der Waals surface area contributed by atoms with Crippen LogP contribution in [0, 0.1) is 11.8 Å². The Morgan fingerprint density at radius 1 is 1.40 bits per heavy atom. The van der Waals surface area contributed by atoms with Crippen molar-refractivity contribution < 1.29 is 0 Å². The molecule has 1 heterocycles. The largest absolute Gasteiger partial charge is 0.330 e. The normalized spacial score (nSPS) is 33.1. The molecule has 0 bridgehead atoms. The van der Waals surface area contributed by atoms with Crippen LogP contribution >= 0.6 is 0 Å². The van der Waals surface area contributed by atoms with Crippen LogP contribution in [0.15, 0.2) is 11.6 Å². The first-order valence-corrected chi connectivity index (χ1v) is 6.37. The Morgan fingerprint density at radius 3 is 2.87 bits per heavy atom. The van der Waals surface area contributed by atoms with Crippen molar-refractivity contribution in [3.63, 3.8) is 0 Å². The van der Waals surface area contributed by atoms with Crippen LogP contribution in [0.25, 0.3) is 0 Å². The topological polar surface area (TPSA) is 29.3 Å². The Balaban J connectivity index is 1.81. The summed E-state index contributed by atoms with van der Waals surface area (Å²) in [6, 6.07) is 0. The second-order valence-corrected chi connectivity index (χ2v) is 5.25. The molecule has 2 N–H and O–H groups in total. The zero-order valence-electron chi connectivity index (χ0n) is 9.91. The van der Waals surface area contributed by atoms with Crippen molar-refractivity contribution in [2.45, 2.75) is 32.6 Å². The second kappa shape index (κ2) is 5.13. The molecule has 1 saturated carbocycles. The third kappa shape index (κ3) is 2.82. The molecule has 0 amide bonds. The van der Waals surface area contributed by atoms with E-state index < -0.39 is 0 Å². The van der Waals surface area contributed by atoms with Gasteiger partial charge in [0.15, 0.2) is 0 Å². The molecule has 0 saturated heterocycles. The van der Waals surface area contributed by atoms with Gasteiger partial charge in [-0.25, -0.2) is 0 Å². The third-order valence-corrected chi connectivity index (χ3v) is 4.13. The fraction of sp³-hybridized carbons (Fsp3) is 0.846. The van der Waals surface area contributed by atoms with Gasteiger partial charge < -0.3 is 5.73 Å². The van der Waals surface area contributed by atoms with E-state index in [0.717, 1.165) is 18.4 Å². The number of nitrogens with two attached hydrogens (primary N) is 1. The van der Waals surface area contributed by atoms with E-state index in [2.05, 4.69) is 17.9 Å². The predicted octanol–water partition coefficient (Wildman–Crippen LogP) is 2.01. The minimum absolute atomic E-state index is 0.803. The van der Waals surface area contributed by atoms with Crippen molar-refractivity contribution in [2.75, 3.05) is 26.2 Å². The third-order valence-electron chi connectivity index (χ3n) is 4.13. The second-order valence-electron chi connectivity index (χ2n) is 5.25. The Morgan fingerprint density at radius 2 is 2.20 bits per heavy atom. The summed E-state index contributed by atoms with van der Waals surface area (Å²) in [6.07, 6.45) is 7.82. The molecule has 0 aromatic carbocycles. The van der Waals surface area contributed by atoms with Gasteiger partial charge in [-0.1, -0.05) is 18.1 Å². The van der Waals surface area contributed by atoms with E-state index in [0.29, 0.717) is 0 Å². The molecule has 2 unspecified atom stereocenters. The van der Waals surface area contributed by atoms with Gasteiger partial charge in [-0.2, -0.15) is 0 Å². The molecule has 1 aliphatic carbocycles. The van der Waals surface area contributed by atoms with Gasteiger partial charge >= 0.3 is 0 Å². The van der Waals surface area contributed by atoms with Gasteiger partial charge in [0.2, 0.25) is 0 Å². The van der Waals surface area contributed by atoms with Crippen LogP contribution in [0.2, 0.25) is 0 Å². The molecule has 2 heteroatoms. The van der Waals surface area contributed by atoms with Crippen LogP contribution in [0.5, 0.6) is 0 Å². The highest BCUT2D eigenvalue weighted by Gasteiger charge is 2.27. The Hall–Kier alpha value is -0.340. The van der Waals surface area contributed by atoms with Crippen molar-refractivity contribution in [3.05, 3.63) is 11.6 Å². The average molecular weight is 208 g/mol. The lowest BCUT2D eigenvalue weighted by Crippen LogP contribution is -2.35. The van der Waals surface area contributed by atoms with Gasteiger partial charge in [0, 0.05) is 19.6 Å². The summed E-state index contributed by atoms with van der Waals surface area (Å²) >= 11 is 0. The summed E-state index contributed by atoms with van der Waals surface area (Å²) in [4.78, 5) is 2.60. The summed E-state index contributed by atoms with van der Waals surface area (Å²) in [5.74, 6) is 1.68. The van der Waals surface area contributed by atoms with Gasteiger partial charge in [0.1, 0.15) is 0 Å². The molecule has 2 aliphatic rings. The number of hydrogen-bond donors (Lipinski definition) is 1. The maximum absolute atomic E-state index is 5.82. The lowest BCUT2D eigenvalue weighted by molar-refractivity contribution is 0.219. The Labute approximate surface area is 93.5 Å². The van der Waals surface area contributed by atoms with Gasteiger partial charge in [0.05, 0.1) is 0 Å². The minimum atomic E-state index is 0.803.